The molecular weight excluding hydrogens is 300 g/mol. The Hall–Kier alpha value is -2.49. The molecule has 0 atom stereocenters. The van der Waals surface area contributed by atoms with E-state index in [4.69, 9.17) is 4.74 Å². The van der Waals surface area contributed by atoms with Crippen molar-refractivity contribution in [1.82, 2.24) is 5.32 Å². The predicted molar refractivity (Wildman–Crippen MR) is 98.8 cm³/mol. The van der Waals surface area contributed by atoms with Crippen LogP contribution in [0.2, 0.25) is 0 Å². The van der Waals surface area contributed by atoms with Crippen LogP contribution in [-0.2, 0) is 11.2 Å². The van der Waals surface area contributed by atoms with Crippen LogP contribution in [0.25, 0.3) is 0 Å². The van der Waals surface area contributed by atoms with Crippen LogP contribution in [0.3, 0.4) is 0 Å². The van der Waals surface area contributed by atoms with Crippen LogP contribution >= 0.6 is 0 Å². The van der Waals surface area contributed by atoms with Crippen molar-refractivity contribution in [2.45, 2.75) is 19.8 Å². The van der Waals surface area contributed by atoms with Gasteiger partial charge in [0.1, 0.15) is 5.75 Å². The Morgan fingerprint density at radius 3 is 2.54 bits per heavy atom. The molecule has 2 aromatic rings. The average molecular weight is 326 g/mol. The van der Waals surface area contributed by atoms with Crippen molar-refractivity contribution in [1.29, 1.82) is 0 Å². The molecule has 0 aliphatic rings. The van der Waals surface area contributed by atoms with Crippen molar-refractivity contribution >= 4 is 11.6 Å². The van der Waals surface area contributed by atoms with Gasteiger partial charge >= 0.3 is 0 Å². The summed E-state index contributed by atoms with van der Waals surface area (Å²) in [5.74, 6) is 0.644. The third kappa shape index (κ3) is 5.95. The van der Waals surface area contributed by atoms with Gasteiger partial charge in [-0.25, -0.2) is 0 Å². The lowest BCUT2D eigenvalue weighted by atomic mass is 10.1. The monoisotopic (exact) mass is 326 g/mol. The van der Waals surface area contributed by atoms with Gasteiger partial charge in [-0.2, -0.15) is 0 Å². The van der Waals surface area contributed by atoms with E-state index in [9.17, 15) is 4.79 Å². The molecule has 2 rings (SSSR count). The summed E-state index contributed by atoms with van der Waals surface area (Å²) in [6, 6.07) is 16.2. The van der Waals surface area contributed by atoms with Crippen molar-refractivity contribution in [3.63, 3.8) is 0 Å². The second kappa shape index (κ2) is 8.96. The molecule has 0 spiro atoms. The Morgan fingerprint density at radius 2 is 1.88 bits per heavy atom. The smallest absolute Gasteiger partial charge is 0.257 e. The van der Waals surface area contributed by atoms with Crippen molar-refractivity contribution < 1.29 is 9.53 Å². The number of carbonyl (C=O) groups excluding carboxylic acids is 1. The van der Waals surface area contributed by atoms with Crippen molar-refractivity contribution in [3.8, 4) is 5.75 Å². The van der Waals surface area contributed by atoms with Gasteiger partial charge in [-0.3, -0.25) is 4.79 Å². The molecule has 0 aliphatic carbocycles. The number of rotatable bonds is 8. The summed E-state index contributed by atoms with van der Waals surface area (Å²) >= 11 is 0. The molecular formula is C20H26N2O2. The summed E-state index contributed by atoms with van der Waals surface area (Å²) in [5, 5.41) is 2.90. The minimum Gasteiger partial charge on any atom is -0.484 e. The normalized spacial score (nSPS) is 10.3. The highest BCUT2D eigenvalue weighted by Gasteiger charge is 2.03. The molecule has 1 amide bonds. The lowest BCUT2D eigenvalue weighted by Crippen LogP contribution is -2.29. The van der Waals surface area contributed by atoms with E-state index in [1.54, 1.807) is 0 Å². The van der Waals surface area contributed by atoms with E-state index < -0.39 is 0 Å². The first-order chi connectivity index (χ1) is 11.5. The number of ether oxygens (including phenoxy) is 1. The van der Waals surface area contributed by atoms with Crippen LogP contribution in [0.5, 0.6) is 5.75 Å². The number of anilines is 1. The largest absolute Gasteiger partial charge is 0.484 e. The predicted octanol–water partition coefficient (Wildman–Crippen LogP) is 3.19. The number of amides is 1. The summed E-state index contributed by atoms with van der Waals surface area (Å²) in [5.41, 5.74) is 3.60. The van der Waals surface area contributed by atoms with Crippen LogP contribution in [-0.4, -0.2) is 33.2 Å². The van der Waals surface area contributed by atoms with Crippen LogP contribution in [0.15, 0.2) is 48.5 Å². The molecule has 0 bridgehead atoms. The van der Waals surface area contributed by atoms with Crippen molar-refractivity contribution in [3.05, 3.63) is 59.7 Å². The average Bonchev–Trinajstić information content (AvgIpc) is 2.57. The number of nitrogens with one attached hydrogen (secondary N) is 1. The van der Waals surface area contributed by atoms with E-state index in [-0.39, 0.29) is 12.5 Å². The minimum atomic E-state index is -0.0838. The lowest BCUT2D eigenvalue weighted by molar-refractivity contribution is -0.123. The molecule has 0 aromatic heterocycles. The molecule has 24 heavy (non-hydrogen) atoms. The van der Waals surface area contributed by atoms with Crippen LogP contribution in [0.1, 0.15) is 17.5 Å². The summed E-state index contributed by atoms with van der Waals surface area (Å²) in [6.45, 7) is 2.71. The van der Waals surface area contributed by atoms with Gasteiger partial charge in [-0.05, 0) is 55.2 Å². The molecule has 0 fully saturated rings. The zero-order chi connectivity index (χ0) is 17.4. The van der Waals surface area contributed by atoms with Crippen molar-refractivity contribution in [2.24, 2.45) is 0 Å². The van der Waals surface area contributed by atoms with Crippen LogP contribution in [0, 0.1) is 6.92 Å². The molecule has 4 nitrogen and oxygen atoms in total. The summed E-state index contributed by atoms with van der Waals surface area (Å²) in [7, 11) is 4.06. The van der Waals surface area contributed by atoms with E-state index in [0.717, 1.165) is 24.2 Å². The number of aryl methyl sites for hydroxylation is 2. The topological polar surface area (TPSA) is 41.6 Å². The van der Waals surface area contributed by atoms with Gasteiger partial charge in [0, 0.05) is 26.3 Å². The van der Waals surface area contributed by atoms with Crippen LogP contribution in [0.4, 0.5) is 5.69 Å². The molecule has 128 valence electrons. The molecule has 1 N–H and O–H groups in total. The molecule has 2 aromatic carbocycles. The quantitative estimate of drug-likeness (QED) is 0.758. The van der Waals surface area contributed by atoms with E-state index in [1.165, 1.54) is 11.3 Å². The summed E-state index contributed by atoms with van der Waals surface area (Å²) in [6.07, 6.45) is 1.87. The van der Waals surface area contributed by atoms with Gasteiger partial charge in [-0.15, -0.1) is 0 Å². The Bertz CT molecular complexity index is 651. The number of carbonyl (C=O) groups is 1. The number of hydrogen-bond donors (Lipinski definition) is 1. The molecule has 0 saturated heterocycles. The number of hydrogen-bond acceptors (Lipinski definition) is 3. The van der Waals surface area contributed by atoms with Crippen LogP contribution < -0.4 is 15.0 Å². The van der Waals surface area contributed by atoms with E-state index in [1.807, 2.05) is 45.3 Å². The third-order valence-corrected chi connectivity index (χ3v) is 3.78. The van der Waals surface area contributed by atoms with Gasteiger partial charge in [0.25, 0.3) is 5.91 Å². The van der Waals surface area contributed by atoms with Gasteiger partial charge in [0.2, 0.25) is 0 Å². The Labute approximate surface area is 144 Å². The molecule has 0 aliphatic heterocycles. The van der Waals surface area contributed by atoms with Gasteiger partial charge in [0.05, 0.1) is 0 Å². The summed E-state index contributed by atoms with van der Waals surface area (Å²) < 4.78 is 5.48. The Balaban J connectivity index is 1.64. The standard InChI is InChI=1S/C20H26N2O2/c1-16-6-4-8-19(14-16)24-15-20(23)21-13-5-7-17-9-11-18(12-10-17)22(2)3/h4,6,8-12,14H,5,7,13,15H2,1-3H3,(H,21,23). The zero-order valence-electron chi connectivity index (χ0n) is 14.7. The van der Waals surface area contributed by atoms with Crippen molar-refractivity contribution in [2.75, 3.05) is 32.1 Å². The van der Waals surface area contributed by atoms with E-state index in [0.29, 0.717) is 6.54 Å². The maximum absolute atomic E-state index is 11.8. The molecule has 0 saturated carbocycles. The highest BCUT2D eigenvalue weighted by Crippen LogP contribution is 2.13. The molecule has 0 radical (unpaired) electrons. The first-order valence-electron chi connectivity index (χ1n) is 8.27. The fourth-order valence-corrected chi connectivity index (χ4v) is 2.39. The number of nitrogens with zero attached hydrogens (tertiary/aromatic N) is 1. The minimum absolute atomic E-state index is 0.0565. The van der Waals surface area contributed by atoms with Gasteiger partial charge < -0.3 is 15.0 Å². The third-order valence-electron chi connectivity index (χ3n) is 3.78. The highest BCUT2D eigenvalue weighted by molar-refractivity contribution is 5.77. The van der Waals surface area contributed by atoms with Gasteiger partial charge in [-0.1, -0.05) is 24.3 Å². The first kappa shape index (κ1) is 17.9. The Morgan fingerprint density at radius 1 is 1.12 bits per heavy atom. The number of benzene rings is 2. The fourth-order valence-electron chi connectivity index (χ4n) is 2.39. The SMILES string of the molecule is Cc1cccc(OCC(=O)NCCCc2ccc(N(C)C)cc2)c1. The van der Waals surface area contributed by atoms with E-state index in [2.05, 4.69) is 34.5 Å². The maximum atomic E-state index is 11.8. The lowest BCUT2D eigenvalue weighted by Gasteiger charge is -2.12. The van der Waals surface area contributed by atoms with Gasteiger partial charge in [0.15, 0.2) is 6.61 Å². The first-order valence-corrected chi connectivity index (χ1v) is 8.27. The van der Waals surface area contributed by atoms with E-state index >= 15 is 0 Å². The fraction of sp³-hybridized carbons (Fsp3) is 0.350. The molecule has 4 heteroatoms. The molecule has 0 unspecified atom stereocenters. The maximum Gasteiger partial charge on any atom is 0.257 e. The second-order valence-electron chi connectivity index (χ2n) is 6.12. The highest BCUT2D eigenvalue weighted by atomic mass is 16.5. The zero-order valence-corrected chi connectivity index (χ0v) is 14.7. The second-order valence-corrected chi connectivity index (χ2v) is 6.12. The molecule has 0 heterocycles. The summed E-state index contributed by atoms with van der Waals surface area (Å²) in [4.78, 5) is 13.9. The Kier molecular flexibility index (Phi) is 6.67.